The molecule has 0 fully saturated rings. The van der Waals surface area contributed by atoms with E-state index < -0.39 is 5.97 Å². The number of ether oxygens (including phenoxy) is 1. The van der Waals surface area contributed by atoms with Gasteiger partial charge in [-0.25, -0.2) is 14.4 Å². The number of nitrogens with one attached hydrogen (secondary N) is 2. The summed E-state index contributed by atoms with van der Waals surface area (Å²) in [6.07, 6.45) is 0. The van der Waals surface area contributed by atoms with Gasteiger partial charge in [-0.05, 0) is 35.4 Å². The zero-order valence-electron chi connectivity index (χ0n) is 15.6. The Morgan fingerprint density at radius 2 is 1.46 bits per heavy atom. The van der Waals surface area contributed by atoms with Crippen LogP contribution in [0.3, 0.4) is 0 Å². The average Bonchev–Trinajstić information content (AvgIpc) is 2.72. The minimum absolute atomic E-state index is 0. The molecule has 2 amide bonds. The quantitative estimate of drug-likeness (QED) is 0.560. The van der Waals surface area contributed by atoms with Crippen LogP contribution in [0.5, 0.6) is 0 Å². The predicted molar refractivity (Wildman–Crippen MR) is 108 cm³/mol. The van der Waals surface area contributed by atoms with Crippen LogP contribution >= 0.6 is 12.4 Å². The smallest absolute Gasteiger partial charge is 0.337 e. The van der Waals surface area contributed by atoms with Gasteiger partial charge < -0.3 is 26.2 Å². The van der Waals surface area contributed by atoms with Crippen LogP contribution in [0, 0.1) is 0 Å². The van der Waals surface area contributed by atoms with Gasteiger partial charge in [-0.15, -0.1) is 12.4 Å². The molecule has 0 radical (unpaired) electrons. The van der Waals surface area contributed by atoms with E-state index in [1.54, 1.807) is 24.3 Å². The Bertz CT molecular complexity index is 764. The van der Waals surface area contributed by atoms with Gasteiger partial charge in [0.2, 0.25) is 0 Å². The maximum Gasteiger partial charge on any atom is 0.337 e. The van der Waals surface area contributed by atoms with E-state index in [-0.39, 0.29) is 30.0 Å². The summed E-state index contributed by atoms with van der Waals surface area (Å²) in [6.45, 7) is 0.862. The maximum atomic E-state index is 11.0. The van der Waals surface area contributed by atoms with Crippen molar-refractivity contribution in [2.75, 3.05) is 14.2 Å². The fourth-order valence-electron chi connectivity index (χ4n) is 1.93. The minimum atomic E-state index is -0.958. The first-order valence-corrected chi connectivity index (χ1v) is 8.06. The maximum absolute atomic E-state index is 11.0. The molecule has 0 aromatic heterocycles. The molecule has 0 aliphatic rings. The van der Waals surface area contributed by atoms with E-state index in [1.807, 2.05) is 12.1 Å². The van der Waals surface area contributed by atoms with Crippen LogP contribution in [0.15, 0.2) is 48.5 Å². The first-order chi connectivity index (χ1) is 12.9. The minimum Gasteiger partial charge on any atom is -0.478 e. The van der Waals surface area contributed by atoms with E-state index in [9.17, 15) is 14.4 Å². The topological polar surface area (TPSA) is 131 Å². The molecule has 0 spiro atoms. The molecule has 2 aromatic carbocycles. The number of carboxylic acid groups (broad SMARTS) is 1. The van der Waals surface area contributed by atoms with Crippen molar-refractivity contribution in [3.8, 4) is 0 Å². The molecular formula is C19H24ClN3O5. The highest BCUT2D eigenvalue weighted by Gasteiger charge is 2.03. The Hall–Kier alpha value is -3.10. The number of carboxylic acids is 1. The van der Waals surface area contributed by atoms with Gasteiger partial charge >= 0.3 is 18.0 Å². The van der Waals surface area contributed by atoms with Gasteiger partial charge in [-0.2, -0.15) is 0 Å². The van der Waals surface area contributed by atoms with Gasteiger partial charge in [0.25, 0.3) is 0 Å². The van der Waals surface area contributed by atoms with E-state index in [0.29, 0.717) is 18.7 Å². The number of amides is 2. The molecular weight excluding hydrogens is 386 g/mol. The Morgan fingerprint density at radius 3 is 1.89 bits per heavy atom. The van der Waals surface area contributed by atoms with Crippen molar-refractivity contribution in [3.63, 3.8) is 0 Å². The number of carbonyl (C=O) groups is 3. The molecule has 0 saturated heterocycles. The third-order valence-electron chi connectivity index (χ3n) is 3.49. The highest BCUT2D eigenvalue weighted by molar-refractivity contribution is 5.89. The number of methoxy groups -OCH3 is 1. The molecule has 8 nitrogen and oxygen atoms in total. The van der Waals surface area contributed by atoms with E-state index >= 15 is 0 Å². The molecule has 9 heteroatoms. The third kappa shape index (κ3) is 8.52. The SMILES string of the molecule is CNC(=O)NCc1ccc(C(=O)O)cc1.COC(=O)c1ccc(CN)cc1.Cl. The van der Waals surface area contributed by atoms with E-state index in [1.165, 1.54) is 26.3 Å². The monoisotopic (exact) mass is 409 g/mol. The largest absolute Gasteiger partial charge is 0.478 e. The van der Waals surface area contributed by atoms with Gasteiger partial charge in [0.05, 0.1) is 18.2 Å². The van der Waals surface area contributed by atoms with Crippen molar-refractivity contribution < 1.29 is 24.2 Å². The van der Waals surface area contributed by atoms with E-state index in [4.69, 9.17) is 10.8 Å². The second-order valence-electron chi connectivity index (χ2n) is 5.33. The average molecular weight is 410 g/mol. The fraction of sp³-hybridized carbons (Fsp3) is 0.211. The lowest BCUT2D eigenvalue weighted by atomic mass is 10.1. The summed E-state index contributed by atoms with van der Waals surface area (Å²) in [7, 11) is 2.89. The van der Waals surface area contributed by atoms with Crippen molar-refractivity contribution >= 4 is 30.4 Å². The summed E-state index contributed by atoms with van der Waals surface area (Å²) in [4.78, 5) is 32.3. The number of urea groups is 1. The molecule has 5 N–H and O–H groups in total. The van der Waals surface area contributed by atoms with Crippen LogP contribution < -0.4 is 16.4 Å². The number of benzene rings is 2. The molecule has 2 rings (SSSR count). The number of hydrogen-bond acceptors (Lipinski definition) is 5. The first kappa shape index (κ1) is 24.9. The lowest BCUT2D eigenvalue weighted by Gasteiger charge is -2.04. The molecule has 0 unspecified atom stereocenters. The van der Waals surface area contributed by atoms with Crippen LogP contribution in [-0.2, 0) is 17.8 Å². The number of carbonyl (C=O) groups excluding carboxylic acids is 2. The first-order valence-electron chi connectivity index (χ1n) is 8.06. The second-order valence-corrected chi connectivity index (χ2v) is 5.33. The van der Waals surface area contributed by atoms with Crippen molar-refractivity contribution in [1.29, 1.82) is 0 Å². The third-order valence-corrected chi connectivity index (χ3v) is 3.49. The van der Waals surface area contributed by atoms with Crippen molar-refractivity contribution in [2.45, 2.75) is 13.1 Å². The number of aromatic carboxylic acids is 1. The number of rotatable bonds is 5. The molecule has 0 aliphatic heterocycles. The number of esters is 1. The van der Waals surface area contributed by atoms with Gasteiger partial charge in [0.15, 0.2) is 0 Å². The lowest BCUT2D eigenvalue weighted by molar-refractivity contribution is 0.0599. The number of nitrogens with two attached hydrogens (primary N) is 1. The van der Waals surface area contributed by atoms with Gasteiger partial charge in [-0.3, -0.25) is 0 Å². The predicted octanol–water partition coefficient (Wildman–Crippen LogP) is 2.17. The summed E-state index contributed by atoms with van der Waals surface area (Å²) < 4.78 is 4.54. The summed E-state index contributed by atoms with van der Waals surface area (Å²) in [5.74, 6) is -1.28. The molecule has 152 valence electrons. The zero-order valence-corrected chi connectivity index (χ0v) is 16.4. The van der Waals surface area contributed by atoms with Gasteiger partial charge in [-0.1, -0.05) is 24.3 Å². The van der Waals surface area contributed by atoms with Crippen molar-refractivity contribution in [2.24, 2.45) is 5.73 Å². The Labute approximate surface area is 169 Å². The molecule has 0 aliphatic carbocycles. The van der Waals surface area contributed by atoms with Gasteiger partial charge in [0, 0.05) is 20.1 Å². The summed E-state index contributed by atoms with van der Waals surface area (Å²) in [5, 5.41) is 13.7. The summed E-state index contributed by atoms with van der Waals surface area (Å²) in [6, 6.07) is 13.1. The molecule has 2 aromatic rings. The molecule has 28 heavy (non-hydrogen) atoms. The summed E-state index contributed by atoms with van der Waals surface area (Å²) in [5.41, 5.74) is 8.03. The van der Waals surface area contributed by atoms with Crippen molar-refractivity contribution in [3.05, 3.63) is 70.8 Å². The van der Waals surface area contributed by atoms with Crippen LogP contribution in [0.1, 0.15) is 31.8 Å². The molecule has 0 saturated carbocycles. The lowest BCUT2D eigenvalue weighted by Crippen LogP contribution is -2.32. The van der Waals surface area contributed by atoms with Gasteiger partial charge in [0.1, 0.15) is 0 Å². The number of halogens is 1. The molecule has 0 bridgehead atoms. The van der Waals surface area contributed by atoms with Crippen LogP contribution in [0.2, 0.25) is 0 Å². The zero-order chi connectivity index (χ0) is 20.2. The Morgan fingerprint density at radius 1 is 0.964 bits per heavy atom. The Balaban J connectivity index is 0.000000514. The second kappa shape index (κ2) is 13.1. The van der Waals surface area contributed by atoms with E-state index in [0.717, 1.165) is 11.1 Å². The molecule has 0 atom stereocenters. The summed E-state index contributed by atoms with van der Waals surface area (Å²) >= 11 is 0. The number of hydrogen-bond donors (Lipinski definition) is 4. The highest BCUT2D eigenvalue weighted by Crippen LogP contribution is 2.05. The van der Waals surface area contributed by atoms with Crippen LogP contribution in [0.4, 0.5) is 4.79 Å². The molecule has 0 heterocycles. The van der Waals surface area contributed by atoms with Crippen molar-refractivity contribution in [1.82, 2.24) is 10.6 Å². The Kier molecular flexibility index (Phi) is 11.7. The fourth-order valence-corrected chi connectivity index (χ4v) is 1.93. The highest BCUT2D eigenvalue weighted by atomic mass is 35.5. The normalized spacial score (nSPS) is 9.11. The van der Waals surface area contributed by atoms with E-state index in [2.05, 4.69) is 15.4 Å². The standard InChI is InChI=1S/C10H12N2O3.C9H11NO2.ClH/c1-11-10(15)12-6-7-2-4-8(5-3-7)9(13)14;1-12-9(11)8-4-2-7(6-10)3-5-8;/h2-5H,6H2,1H3,(H,13,14)(H2,11,12,15);2-5H,6,10H2,1H3;1H. The van der Waals surface area contributed by atoms with Crippen LogP contribution in [0.25, 0.3) is 0 Å². The van der Waals surface area contributed by atoms with Crippen LogP contribution in [-0.4, -0.2) is 37.2 Å².